The van der Waals surface area contributed by atoms with Gasteiger partial charge in [0.1, 0.15) is 12.4 Å². The maximum Gasteiger partial charge on any atom is 0.256 e. The van der Waals surface area contributed by atoms with Crippen molar-refractivity contribution in [2.45, 2.75) is 12.8 Å². The highest BCUT2D eigenvalue weighted by Gasteiger charge is 2.28. The van der Waals surface area contributed by atoms with Crippen molar-refractivity contribution in [3.63, 3.8) is 0 Å². The van der Waals surface area contributed by atoms with Crippen LogP contribution in [0.5, 0.6) is 5.75 Å². The van der Waals surface area contributed by atoms with Crippen LogP contribution in [0.2, 0.25) is 0 Å². The molecular formula is C23H27N3O3. The van der Waals surface area contributed by atoms with Crippen LogP contribution in [0.1, 0.15) is 23.2 Å². The van der Waals surface area contributed by atoms with Gasteiger partial charge in [-0.1, -0.05) is 30.3 Å². The van der Waals surface area contributed by atoms with Crippen LogP contribution < -0.4 is 9.64 Å². The summed E-state index contributed by atoms with van der Waals surface area (Å²) in [5.74, 6) is 1.00. The molecule has 2 fully saturated rings. The van der Waals surface area contributed by atoms with Crippen LogP contribution >= 0.6 is 0 Å². The smallest absolute Gasteiger partial charge is 0.256 e. The van der Waals surface area contributed by atoms with Crippen LogP contribution in [0, 0.1) is 0 Å². The van der Waals surface area contributed by atoms with Gasteiger partial charge in [-0.2, -0.15) is 0 Å². The summed E-state index contributed by atoms with van der Waals surface area (Å²) in [7, 11) is 0. The fourth-order valence-corrected chi connectivity index (χ4v) is 3.95. The molecule has 0 radical (unpaired) electrons. The van der Waals surface area contributed by atoms with Crippen LogP contribution in [0.25, 0.3) is 0 Å². The minimum atomic E-state index is 0.0143. The number of para-hydroxylation sites is 2. The lowest BCUT2D eigenvalue weighted by molar-refractivity contribution is -0.117. The normalized spacial score (nSPS) is 17.6. The molecule has 0 aliphatic carbocycles. The Balaban J connectivity index is 1.31. The third-order valence-corrected chi connectivity index (χ3v) is 5.58. The van der Waals surface area contributed by atoms with Gasteiger partial charge < -0.3 is 14.5 Å². The Morgan fingerprint density at radius 3 is 2.34 bits per heavy atom. The van der Waals surface area contributed by atoms with Crippen LogP contribution in [-0.4, -0.2) is 67.5 Å². The number of nitrogens with zero attached hydrogens (tertiary/aromatic N) is 3. The van der Waals surface area contributed by atoms with E-state index in [-0.39, 0.29) is 11.8 Å². The Labute approximate surface area is 171 Å². The molecule has 0 spiro atoms. The Bertz CT molecular complexity index is 847. The summed E-state index contributed by atoms with van der Waals surface area (Å²) in [5.41, 5.74) is 1.38. The first kappa shape index (κ1) is 19.5. The Kier molecular flexibility index (Phi) is 6.10. The van der Waals surface area contributed by atoms with Gasteiger partial charge in [0, 0.05) is 45.7 Å². The SMILES string of the molecule is O=C(c1ccccc1N1CCCC1=O)N1CCN(CCOc2ccccc2)CC1. The molecule has 0 unspecified atom stereocenters. The van der Waals surface area contributed by atoms with Gasteiger partial charge in [0.15, 0.2) is 0 Å². The van der Waals surface area contributed by atoms with Crippen molar-refractivity contribution in [1.82, 2.24) is 9.80 Å². The van der Waals surface area contributed by atoms with Gasteiger partial charge in [-0.25, -0.2) is 0 Å². The zero-order valence-electron chi connectivity index (χ0n) is 16.6. The molecule has 2 aliphatic rings. The molecule has 0 saturated carbocycles. The summed E-state index contributed by atoms with van der Waals surface area (Å²) in [4.78, 5) is 31.3. The van der Waals surface area contributed by atoms with E-state index in [1.165, 1.54) is 0 Å². The molecule has 29 heavy (non-hydrogen) atoms. The summed E-state index contributed by atoms with van der Waals surface area (Å²) in [6.45, 7) is 5.20. The molecule has 0 atom stereocenters. The highest BCUT2D eigenvalue weighted by atomic mass is 16.5. The van der Waals surface area contributed by atoms with E-state index in [4.69, 9.17) is 4.74 Å². The summed E-state index contributed by atoms with van der Waals surface area (Å²) < 4.78 is 5.78. The third kappa shape index (κ3) is 4.59. The van der Waals surface area contributed by atoms with Crippen LogP contribution in [-0.2, 0) is 4.79 Å². The summed E-state index contributed by atoms with van der Waals surface area (Å²) in [5, 5.41) is 0. The molecule has 6 nitrogen and oxygen atoms in total. The highest BCUT2D eigenvalue weighted by Crippen LogP contribution is 2.26. The van der Waals surface area contributed by atoms with E-state index in [0.717, 1.165) is 37.5 Å². The van der Waals surface area contributed by atoms with Crippen molar-refractivity contribution in [2.75, 3.05) is 50.8 Å². The zero-order chi connectivity index (χ0) is 20.1. The van der Waals surface area contributed by atoms with Crippen LogP contribution in [0.15, 0.2) is 54.6 Å². The molecule has 152 valence electrons. The number of benzene rings is 2. The monoisotopic (exact) mass is 393 g/mol. The second kappa shape index (κ2) is 9.09. The zero-order valence-corrected chi connectivity index (χ0v) is 16.6. The number of carbonyl (C=O) groups is 2. The number of anilines is 1. The van der Waals surface area contributed by atoms with Crippen molar-refractivity contribution in [2.24, 2.45) is 0 Å². The quantitative estimate of drug-likeness (QED) is 0.757. The summed E-state index contributed by atoms with van der Waals surface area (Å²) >= 11 is 0. The average molecular weight is 393 g/mol. The Morgan fingerprint density at radius 1 is 0.897 bits per heavy atom. The van der Waals surface area contributed by atoms with Crippen molar-refractivity contribution >= 4 is 17.5 Å². The van der Waals surface area contributed by atoms with Gasteiger partial charge in [-0.3, -0.25) is 14.5 Å². The van der Waals surface area contributed by atoms with Gasteiger partial charge in [0.25, 0.3) is 5.91 Å². The molecule has 6 heteroatoms. The fourth-order valence-electron chi connectivity index (χ4n) is 3.95. The lowest BCUT2D eigenvalue weighted by Gasteiger charge is -2.35. The van der Waals surface area contributed by atoms with Crippen molar-refractivity contribution in [3.05, 3.63) is 60.2 Å². The topological polar surface area (TPSA) is 53.1 Å². The van der Waals surface area contributed by atoms with E-state index < -0.39 is 0 Å². The number of carbonyl (C=O) groups excluding carboxylic acids is 2. The molecule has 2 aliphatic heterocycles. The minimum absolute atomic E-state index is 0.0143. The van der Waals surface area contributed by atoms with Gasteiger partial charge in [-0.15, -0.1) is 0 Å². The summed E-state index contributed by atoms with van der Waals surface area (Å²) in [6.07, 6.45) is 1.41. The van der Waals surface area contributed by atoms with Crippen LogP contribution in [0.3, 0.4) is 0 Å². The molecule has 2 aromatic rings. The number of rotatable bonds is 6. The maximum absolute atomic E-state index is 13.1. The predicted molar refractivity (Wildman–Crippen MR) is 112 cm³/mol. The van der Waals surface area contributed by atoms with E-state index in [2.05, 4.69) is 4.90 Å². The minimum Gasteiger partial charge on any atom is -0.492 e. The summed E-state index contributed by atoms with van der Waals surface area (Å²) in [6, 6.07) is 17.3. The number of piperazine rings is 1. The van der Waals surface area contributed by atoms with E-state index in [1.807, 2.05) is 59.5 Å². The lowest BCUT2D eigenvalue weighted by atomic mass is 10.1. The van der Waals surface area contributed by atoms with Crippen molar-refractivity contribution in [3.8, 4) is 5.75 Å². The van der Waals surface area contributed by atoms with E-state index in [0.29, 0.717) is 38.2 Å². The standard InChI is InChI=1S/C23H27N3O3/c27-22-11-6-12-26(22)21-10-5-4-9-20(21)23(28)25-15-13-24(14-16-25)17-18-29-19-7-2-1-3-8-19/h1-5,7-10H,6,11-18H2. The second-order valence-corrected chi connectivity index (χ2v) is 7.46. The van der Waals surface area contributed by atoms with Crippen molar-refractivity contribution in [1.29, 1.82) is 0 Å². The number of hydrogen-bond donors (Lipinski definition) is 0. The number of amides is 2. The average Bonchev–Trinajstić information content (AvgIpc) is 3.20. The van der Waals surface area contributed by atoms with Crippen molar-refractivity contribution < 1.29 is 14.3 Å². The first-order chi connectivity index (χ1) is 14.2. The third-order valence-electron chi connectivity index (χ3n) is 5.58. The molecule has 0 N–H and O–H groups in total. The van der Waals surface area contributed by atoms with E-state index in [1.54, 1.807) is 4.90 Å². The molecule has 0 bridgehead atoms. The van der Waals surface area contributed by atoms with Gasteiger partial charge in [0.2, 0.25) is 5.91 Å². The van der Waals surface area contributed by atoms with E-state index >= 15 is 0 Å². The van der Waals surface area contributed by atoms with Gasteiger partial charge in [0.05, 0.1) is 11.3 Å². The van der Waals surface area contributed by atoms with E-state index in [9.17, 15) is 9.59 Å². The van der Waals surface area contributed by atoms with Gasteiger partial charge >= 0.3 is 0 Å². The van der Waals surface area contributed by atoms with Gasteiger partial charge in [-0.05, 0) is 30.7 Å². The molecule has 2 heterocycles. The Hall–Kier alpha value is -2.86. The number of hydrogen-bond acceptors (Lipinski definition) is 4. The molecule has 2 amide bonds. The first-order valence-electron chi connectivity index (χ1n) is 10.3. The lowest BCUT2D eigenvalue weighted by Crippen LogP contribution is -2.49. The highest BCUT2D eigenvalue weighted by molar-refractivity contribution is 6.05. The largest absolute Gasteiger partial charge is 0.492 e. The molecule has 2 aromatic carbocycles. The first-order valence-corrected chi connectivity index (χ1v) is 10.3. The molecule has 4 rings (SSSR count). The fraction of sp³-hybridized carbons (Fsp3) is 0.391. The van der Waals surface area contributed by atoms with Crippen LogP contribution in [0.4, 0.5) is 5.69 Å². The predicted octanol–water partition coefficient (Wildman–Crippen LogP) is 2.65. The maximum atomic E-state index is 13.1. The molecule has 0 aromatic heterocycles. The Morgan fingerprint density at radius 2 is 1.62 bits per heavy atom. The molecular weight excluding hydrogens is 366 g/mol. The number of ether oxygens (including phenoxy) is 1. The molecule has 2 saturated heterocycles. The second-order valence-electron chi connectivity index (χ2n) is 7.46.